The van der Waals surface area contributed by atoms with Crippen molar-refractivity contribution in [3.05, 3.63) is 34.4 Å². The number of non-ortho nitro benzene ring substituents is 1. The molecule has 3 rings (SSSR count). The molecule has 160 valence electrons. The zero-order chi connectivity index (χ0) is 21.0. The molecule has 2 heterocycles. The molecule has 29 heavy (non-hydrogen) atoms. The van der Waals surface area contributed by atoms with Gasteiger partial charge in [-0.3, -0.25) is 14.9 Å². The molecule has 0 spiro atoms. The van der Waals surface area contributed by atoms with Crippen LogP contribution in [0.4, 0.5) is 11.4 Å². The molecule has 2 saturated heterocycles. The molecule has 1 aromatic rings. The Kier molecular flexibility index (Phi) is 6.74. The largest absolute Gasteiger partial charge is 0.369 e. The van der Waals surface area contributed by atoms with Gasteiger partial charge in [0.1, 0.15) is 0 Å². The number of amides is 1. The number of piperazine rings is 1. The van der Waals surface area contributed by atoms with Gasteiger partial charge in [-0.15, -0.1) is 0 Å². The number of carbonyl (C=O) groups excluding carboxylic acids is 1. The molecule has 0 radical (unpaired) electrons. The van der Waals surface area contributed by atoms with Crippen LogP contribution >= 0.6 is 0 Å². The first-order chi connectivity index (χ1) is 13.8. The van der Waals surface area contributed by atoms with Crippen LogP contribution in [0.2, 0.25) is 0 Å². The third kappa shape index (κ3) is 5.24. The molecule has 0 aromatic heterocycles. The second-order valence-corrected chi connectivity index (χ2v) is 9.71. The second-order valence-electron chi connectivity index (χ2n) is 7.63. The number of carbonyl (C=O) groups is 1. The van der Waals surface area contributed by atoms with E-state index >= 15 is 0 Å². The zero-order valence-corrected chi connectivity index (χ0v) is 17.5. The normalized spacial score (nSPS) is 21.2. The number of benzene rings is 1. The van der Waals surface area contributed by atoms with E-state index in [2.05, 4.69) is 0 Å². The van der Waals surface area contributed by atoms with Crippen LogP contribution in [0.5, 0.6) is 0 Å². The van der Waals surface area contributed by atoms with Crippen LogP contribution in [0.25, 0.3) is 0 Å². The predicted octanol–water partition coefficient (Wildman–Crippen LogP) is 1.84. The van der Waals surface area contributed by atoms with Gasteiger partial charge < -0.3 is 9.80 Å². The lowest BCUT2D eigenvalue weighted by molar-refractivity contribution is -0.384. The highest BCUT2D eigenvalue weighted by atomic mass is 32.2. The van der Waals surface area contributed by atoms with Crippen molar-refractivity contribution in [3.63, 3.8) is 0 Å². The van der Waals surface area contributed by atoms with Gasteiger partial charge in [0.15, 0.2) is 0 Å². The molecule has 0 unspecified atom stereocenters. The van der Waals surface area contributed by atoms with Crippen LogP contribution in [0.15, 0.2) is 24.3 Å². The summed E-state index contributed by atoms with van der Waals surface area (Å²) in [5, 5.41) is 10.8. The van der Waals surface area contributed by atoms with Crippen molar-refractivity contribution in [2.75, 3.05) is 43.4 Å². The van der Waals surface area contributed by atoms with E-state index in [1.165, 1.54) is 16.4 Å². The van der Waals surface area contributed by atoms with E-state index in [1.807, 2.05) is 9.80 Å². The quantitative estimate of drug-likeness (QED) is 0.510. The first kappa shape index (κ1) is 21.5. The van der Waals surface area contributed by atoms with Crippen LogP contribution in [0.1, 0.15) is 32.6 Å². The van der Waals surface area contributed by atoms with Crippen LogP contribution < -0.4 is 4.90 Å². The fourth-order valence-electron chi connectivity index (χ4n) is 4.14. The van der Waals surface area contributed by atoms with Crippen molar-refractivity contribution >= 4 is 27.3 Å². The van der Waals surface area contributed by atoms with Crippen molar-refractivity contribution in [3.8, 4) is 0 Å². The molecule has 10 heteroatoms. The van der Waals surface area contributed by atoms with Gasteiger partial charge in [-0.2, -0.15) is 4.31 Å². The van der Waals surface area contributed by atoms with Crippen molar-refractivity contribution < 1.29 is 18.1 Å². The summed E-state index contributed by atoms with van der Waals surface area (Å²) < 4.78 is 27.1. The first-order valence-corrected chi connectivity index (χ1v) is 11.6. The third-order valence-electron chi connectivity index (χ3n) is 5.80. The van der Waals surface area contributed by atoms with E-state index in [0.29, 0.717) is 39.1 Å². The number of anilines is 1. The monoisotopic (exact) mass is 424 g/mol. The summed E-state index contributed by atoms with van der Waals surface area (Å²) in [5.74, 6) is 0.0720. The maximum Gasteiger partial charge on any atom is 0.269 e. The lowest BCUT2D eigenvalue weighted by Crippen LogP contribution is -2.50. The van der Waals surface area contributed by atoms with Crippen LogP contribution in [0, 0.1) is 10.1 Å². The maximum absolute atomic E-state index is 12.8. The molecule has 2 fully saturated rings. The minimum atomic E-state index is -3.38. The highest BCUT2D eigenvalue weighted by Crippen LogP contribution is 2.23. The van der Waals surface area contributed by atoms with Gasteiger partial charge in [-0.1, -0.05) is 0 Å². The fraction of sp³-hybridized carbons (Fsp3) is 0.632. The van der Waals surface area contributed by atoms with Gasteiger partial charge in [0.2, 0.25) is 15.9 Å². The summed E-state index contributed by atoms with van der Waals surface area (Å²) in [6, 6.07) is 6.33. The standard InChI is InChI=1S/C19H28N4O5S/c1-16(24)22-10-3-2-4-18(22)9-15-29(27,28)21-13-11-20(12-14-21)17-5-7-19(8-6-17)23(25)26/h5-8,18H,2-4,9-15H2,1H3/t18-/m0/s1. The number of nitro groups is 1. The second kappa shape index (κ2) is 9.08. The van der Waals surface area contributed by atoms with Crippen LogP contribution in [-0.4, -0.2) is 73.0 Å². The summed E-state index contributed by atoms with van der Waals surface area (Å²) in [7, 11) is -3.38. The molecule has 2 aliphatic rings. The predicted molar refractivity (Wildman–Crippen MR) is 110 cm³/mol. The Morgan fingerprint density at radius 3 is 2.34 bits per heavy atom. The van der Waals surface area contributed by atoms with Gasteiger partial charge in [0, 0.05) is 63.5 Å². The molecule has 1 amide bonds. The SMILES string of the molecule is CC(=O)N1CCCC[C@H]1CCS(=O)(=O)N1CCN(c2ccc([N+](=O)[O-])cc2)CC1. The smallest absolute Gasteiger partial charge is 0.269 e. The molecule has 9 nitrogen and oxygen atoms in total. The number of rotatable bonds is 6. The molecule has 0 aliphatic carbocycles. The molecule has 0 N–H and O–H groups in total. The number of hydrogen-bond donors (Lipinski definition) is 0. The number of sulfonamides is 1. The Morgan fingerprint density at radius 2 is 1.76 bits per heavy atom. The molecular weight excluding hydrogens is 396 g/mol. The first-order valence-electron chi connectivity index (χ1n) is 10.0. The molecular formula is C19H28N4O5S. The Morgan fingerprint density at radius 1 is 1.10 bits per heavy atom. The van der Waals surface area contributed by atoms with Crippen molar-refractivity contribution in [1.82, 2.24) is 9.21 Å². The Balaban J connectivity index is 1.53. The van der Waals surface area contributed by atoms with E-state index < -0.39 is 14.9 Å². The Labute approximate surface area is 171 Å². The number of nitrogens with zero attached hydrogens (tertiary/aromatic N) is 4. The number of piperidine rings is 1. The average Bonchev–Trinajstić information content (AvgIpc) is 2.72. The fourth-order valence-corrected chi connectivity index (χ4v) is 5.69. The summed E-state index contributed by atoms with van der Waals surface area (Å²) >= 11 is 0. The van der Waals surface area contributed by atoms with Crippen LogP contribution in [-0.2, 0) is 14.8 Å². The molecule has 0 bridgehead atoms. The van der Waals surface area contributed by atoms with E-state index in [-0.39, 0.29) is 23.4 Å². The summed E-state index contributed by atoms with van der Waals surface area (Å²) in [6.07, 6.45) is 3.35. The van der Waals surface area contributed by atoms with Crippen molar-refractivity contribution in [1.29, 1.82) is 0 Å². The minimum Gasteiger partial charge on any atom is -0.369 e. The number of likely N-dealkylation sites (tertiary alicyclic amines) is 1. The topological polar surface area (TPSA) is 104 Å². The highest BCUT2D eigenvalue weighted by Gasteiger charge is 2.30. The van der Waals surface area contributed by atoms with Gasteiger partial charge in [0.25, 0.3) is 5.69 Å². The van der Waals surface area contributed by atoms with E-state index in [0.717, 1.165) is 24.9 Å². The van der Waals surface area contributed by atoms with E-state index in [1.54, 1.807) is 19.1 Å². The van der Waals surface area contributed by atoms with Crippen LogP contribution in [0.3, 0.4) is 0 Å². The maximum atomic E-state index is 12.8. The number of hydrogen-bond acceptors (Lipinski definition) is 6. The summed E-state index contributed by atoms with van der Waals surface area (Å²) in [6.45, 7) is 4.12. The van der Waals surface area contributed by atoms with E-state index in [9.17, 15) is 23.3 Å². The average molecular weight is 425 g/mol. The minimum absolute atomic E-state index is 0.0115. The Bertz CT molecular complexity index is 835. The molecule has 1 atom stereocenters. The molecule has 0 saturated carbocycles. The lowest BCUT2D eigenvalue weighted by atomic mass is 10.00. The van der Waals surface area contributed by atoms with Gasteiger partial charge >= 0.3 is 0 Å². The summed E-state index contributed by atoms with van der Waals surface area (Å²) in [4.78, 5) is 26.0. The van der Waals surface area contributed by atoms with Gasteiger partial charge in [-0.25, -0.2) is 8.42 Å². The lowest BCUT2D eigenvalue weighted by Gasteiger charge is -2.37. The third-order valence-corrected chi connectivity index (χ3v) is 7.70. The molecule has 2 aliphatic heterocycles. The van der Waals surface area contributed by atoms with Crippen molar-refractivity contribution in [2.45, 2.75) is 38.6 Å². The van der Waals surface area contributed by atoms with Gasteiger partial charge in [0.05, 0.1) is 10.7 Å². The number of nitro benzene ring substituents is 1. The highest BCUT2D eigenvalue weighted by molar-refractivity contribution is 7.89. The van der Waals surface area contributed by atoms with Gasteiger partial charge in [-0.05, 0) is 37.8 Å². The molecule has 1 aromatic carbocycles. The summed E-state index contributed by atoms with van der Waals surface area (Å²) in [5.41, 5.74) is 0.893. The Hall–Kier alpha value is -2.20. The van der Waals surface area contributed by atoms with E-state index in [4.69, 9.17) is 0 Å². The zero-order valence-electron chi connectivity index (χ0n) is 16.7. The van der Waals surface area contributed by atoms with Crippen molar-refractivity contribution in [2.24, 2.45) is 0 Å².